The van der Waals surface area contributed by atoms with Crippen LogP contribution in [0.5, 0.6) is 0 Å². The highest BCUT2D eigenvalue weighted by Crippen LogP contribution is 2.35. The number of piperidine rings is 1. The number of aryl methyl sites for hydroxylation is 2. The molecule has 1 aromatic carbocycles. The predicted octanol–water partition coefficient (Wildman–Crippen LogP) is 3.34. The van der Waals surface area contributed by atoms with Gasteiger partial charge >= 0.3 is 0 Å². The molecular formula is C19H25N3O4S. The van der Waals surface area contributed by atoms with Gasteiger partial charge in [-0.3, -0.25) is 10.1 Å². The van der Waals surface area contributed by atoms with Crippen LogP contribution < -0.4 is 5.32 Å². The van der Waals surface area contributed by atoms with Crippen LogP contribution in [0.4, 0.5) is 5.88 Å². The van der Waals surface area contributed by atoms with E-state index in [-0.39, 0.29) is 16.7 Å². The number of nitrogens with one attached hydrogen (secondary N) is 1. The SMILES string of the molecule is CC(=O)Nc1onc(C)c1-c1ccc(C)c(S(=O)(=O)N2CCC(C)CC2)c1. The molecule has 146 valence electrons. The van der Waals surface area contributed by atoms with Gasteiger partial charge in [-0.15, -0.1) is 0 Å². The average Bonchev–Trinajstić information content (AvgIpc) is 2.95. The molecule has 1 N–H and O–H groups in total. The highest BCUT2D eigenvalue weighted by Gasteiger charge is 2.30. The fourth-order valence-electron chi connectivity index (χ4n) is 3.35. The molecule has 0 unspecified atom stereocenters. The van der Waals surface area contributed by atoms with Gasteiger partial charge < -0.3 is 4.52 Å². The number of nitrogens with zero attached hydrogens (tertiary/aromatic N) is 2. The molecule has 0 spiro atoms. The van der Waals surface area contributed by atoms with Crippen LogP contribution in [0.3, 0.4) is 0 Å². The van der Waals surface area contributed by atoms with Crippen LogP contribution in [0.25, 0.3) is 11.1 Å². The summed E-state index contributed by atoms with van der Waals surface area (Å²) in [5.41, 5.74) is 2.51. The second-order valence-corrected chi connectivity index (χ2v) is 9.13. The zero-order valence-electron chi connectivity index (χ0n) is 16.1. The smallest absolute Gasteiger partial charge is 0.243 e. The van der Waals surface area contributed by atoms with Gasteiger partial charge in [0.25, 0.3) is 0 Å². The molecule has 8 heteroatoms. The van der Waals surface area contributed by atoms with E-state index in [0.717, 1.165) is 12.8 Å². The van der Waals surface area contributed by atoms with Gasteiger partial charge in [-0.25, -0.2) is 8.42 Å². The van der Waals surface area contributed by atoms with Gasteiger partial charge in [0, 0.05) is 20.0 Å². The molecular weight excluding hydrogens is 366 g/mol. The Morgan fingerprint density at radius 1 is 1.26 bits per heavy atom. The summed E-state index contributed by atoms with van der Waals surface area (Å²) in [5.74, 6) is 0.484. The van der Waals surface area contributed by atoms with E-state index in [1.54, 1.807) is 30.3 Å². The minimum Gasteiger partial charge on any atom is -0.337 e. The summed E-state index contributed by atoms with van der Waals surface area (Å²) < 4.78 is 33.2. The fourth-order valence-corrected chi connectivity index (χ4v) is 5.07. The molecule has 3 rings (SSSR count). The van der Waals surface area contributed by atoms with Crippen LogP contribution in [0.15, 0.2) is 27.6 Å². The Morgan fingerprint density at radius 3 is 2.56 bits per heavy atom. The van der Waals surface area contributed by atoms with E-state index in [9.17, 15) is 13.2 Å². The molecule has 1 aromatic heterocycles. The van der Waals surface area contributed by atoms with E-state index < -0.39 is 10.0 Å². The number of hydrogen-bond donors (Lipinski definition) is 1. The summed E-state index contributed by atoms with van der Waals surface area (Å²) in [7, 11) is -3.58. The van der Waals surface area contributed by atoms with Crippen molar-refractivity contribution >= 4 is 21.8 Å². The Balaban J connectivity index is 2.03. The number of sulfonamides is 1. The summed E-state index contributed by atoms with van der Waals surface area (Å²) in [6, 6.07) is 5.24. The number of benzene rings is 1. The van der Waals surface area contributed by atoms with E-state index in [1.165, 1.54) is 6.92 Å². The van der Waals surface area contributed by atoms with Gasteiger partial charge in [0.1, 0.15) is 0 Å². The molecule has 0 radical (unpaired) electrons. The maximum Gasteiger partial charge on any atom is 0.243 e. The van der Waals surface area contributed by atoms with Crippen molar-refractivity contribution in [3.05, 3.63) is 29.5 Å². The fraction of sp³-hybridized carbons (Fsp3) is 0.474. The van der Waals surface area contributed by atoms with Crippen molar-refractivity contribution in [1.29, 1.82) is 0 Å². The standard InChI is InChI=1S/C19H25N3O4S/c1-12-7-9-22(10-8-12)27(24,25)17-11-16(6-5-13(17)2)18-14(3)21-26-19(18)20-15(4)23/h5-6,11-12H,7-10H2,1-4H3,(H,20,23). The lowest BCUT2D eigenvalue weighted by Gasteiger charge is -2.30. The number of aromatic nitrogens is 1. The molecule has 0 saturated carbocycles. The second kappa shape index (κ2) is 7.44. The van der Waals surface area contributed by atoms with Crippen molar-refractivity contribution in [3.8, 4) is 11.1 Å². The minimum absolute atomic E-state index is 0.221. The minimum atomic E-state index is -3.58. The number of anilines is 1. The molecule has 1 saturated heterocycles. The van der Waals surface area contributed by atoms with Crippen molar-refractivity contribution < 1.29 is 17.7 Å². The third-order valence-corrected chi connectivity index (χ3v) is 7.03. The molecule has 0 atom stereocenters. The third-order valence-electron chi connectivity index (χ3n) is 4.99. The molecule has 0 bridgehead atoms. The Morgan fingerprint density at radius 2 is 1.93 bits per heavy atom. The maximum atomic E-state index is 13.2. The highest BCUT2D eigenvalue weighted by molar-refractivity contribution is 7.89. The number of hydrogen-bond acceptors (Lipinski definition) is 5. The van der Waals surface area contributed by atoms with Crippen molar-refractivity contribution in [2.75, 3.05) is 18.4 Å². The number of amides is 1. The monoisotopic (exact) mass is 391 g/mol. The zero-order chi connectivity index (χ0) is 19.8. The lowest BCUT2D eigenvalue weighted by molar-refractivity contribution is -0.114. The van der Waals surface area contributed by atoms with Gasteiger partial charge in [-0.1, -0.05) is 24.2 Å². The topological polar surface area (TPSA) is 92.5 Å². The summed E-state index contributed by atoms with van der Waals surface area (Å²) >= 11 is 0. The molecule has 1 aliphatic heterocycles. The van der Waals surface area contributed by atoms with Gasteiger partial charge in [0.05, 0.1) is 16.2 Å². The van der Waals surface area contributed by atoms with E-state index in [0.29, 0.717) is 41.4 Å². The van der Waals surface area contributed by atoms with Crippen LogP contribution in [0, 0.1) is 19.8 Å². The predicted molar refractivity (Wildman–Crippen MR) is 103 cm³/mol. The first-order valence-corrected chi connectivity index (χ1v) is 10.5. The molecule has 2 heterocycles. The Hall–Kier alpha value is -2.19. The Labute approximate surface area is 159 Å². The summed E-state index contributed by atoms with van der Waals surface area (Å²) in [6.07, 6.45) is 1.74. The largest absolute Gasteiger partial charge is 0.337 e. The van der Waals surface area contributed by atoms with Crippen molar-refractivity contribution in [2.45, 2.75) is 45.4 Å². The molecule has 2 aromatic rings. The number of rotatable bonds is 4. The molecule has 27 heavy (non-hydrogen) atoms. The first-order chi connectivity index (χ1) is 12.7. The van der Waals surface area contributed by atoms with Gasteiger partial charge in [-0.05, 0) is 49.8 Å². The quantitative estimate of drug-likeness (QED) is 0.863. The van der Waals surface area contributed by atoms with E-state index in [1.807, 2.05) is 6.07 Å². The lowest BCUT2D eigenvalue weighted by atomic mass is 10.0. The van der Waals surface area contributed by atoms with Crippen LogP contribution >= 0.6 is 0 Å². The van der Waals surface area contributed by atoms with Crippen molar-refractivity contribution in [3.63, 3.8) is 0 Å². The first-order valence-electron chi connectivity index (χ1n) is 9.05. The maximum absolute atomic E-state index is 13.2. The van der Waals surface area contributed by atoms with E-state index >= 15 is 0 Å². The van der Waals surface area contributed by atoms with Gasteiger partial charge in [0.2, 0.25) is 21.8 Å². The number of carbonyl (C=O) groups is 1. The van der Waals surface area contributed by atoms with Crippen LogP contribution in [-0.2, 0) is 14.8 Å². The molecule has 1 fully saturated rings. The molecule has 1 aliphatic rings. The van der Waals surface area contributed by atoms with Gasteiger partial charge in [-0.2, -0.15) is 4.31 Å². The molecule has 7 nitrogen and oxygen atoms in total. The number of carbonyl (C=O) groups excluding carboxylic acids is 1. The van der Waals surface area contributed by atoms with Crippen LogP contribution in [0.1, 0.15) is 37.9 Å². The first kappa shape index (κ1) is 19.6. The van der Waals surface area contributed by atoms with Crippen LogP contribution in [0.2, 0.25) is 0 Å². The third kappa shape index (κ3) is 3.91. The average molecular weight is 391 g/mol. The molecule has 1 amide bonds. The second-order valence-electron chi connectivity index (χ2n) is 7.22. The normalized spacial score (nSPS) is 16.4. The molecule has 0 aliphatic carbocycles. The summed E-state index contributed by atoms with van der Waals surface area (Å²) in [4.78, 5) is 11.7. The van der Waals surface area contributed by atoms with E-state index in [2.05, 4.69) is 17.4 Å². The Bertz CT molecular complexity index is 957. The van der Waals surface area contributed by atoms with Crippen molar-refractivity contribution in [1.82, 2.24) is 9.46 Å². The highest BCUT2D eigenvalue weighted by atomic mass is 32.2. The van der Waals surface area contributed by atoms with Crippen LogP contribution in [-0.4, -0.2) is 36.9 Å². The van der Waals surface area contributed by atoms with Gasteiger partial charge in [0.15, 0.2) is 0 Å². The lowest BCUT2D eigenvalue weighted by Crippen LogP contribution is -2.38. The van der Waals surface area contributed by atoms with Crippen molar-refractivity contribution in [2.24, 2.45) is 5.92 Å². The summed E-state index contributed by atoms with van der Waals surface area (Å²) in [5, 5.41) is 6.51. The Kier molecular flexibility index (Phi) is 5.39. The van der Waals surface area contributed by atoms with E-state index in [4.69, 9.17) is 4.52 Å². The zero-order valence-corrected chi connectivity index (χ0v) is 16.9. The summed E-state index contributed by atoms with van der Waals surface area (Å²) in [6.45, 7) is 8.15.